The molecule has 0 aliphatic heterocycles. The Kier molecular flexibility index (Phi) is 3.95. The Morgan fingerprint density at radius 1 is 0.862 bits per heavy atom. The minimum Gasteiger partial charge on any atom is -0.437 e. The van der Waals surface area contributed by atoms with Gasteiger partial charge in [0.25, 0.3) is 0 Å². The minimum absolute atomic E-state index is 0.322. The molecule has 2 aromatic carbocycles. The van der Waals surface area contributed by atoms with E-state index < -0.39 is 0 Å². The highest BCUT2D eigenvalue weighted by Crippen LogP contribution is 2.37. The van der Waals surface area contributed by atoms with Crippen molar-refractivity contribution in [3.05, 3.63) is 83.4 Å². The van der Waals surface area contributed by atoms with Crippen molar-refractivity contribution in [2.75, 3.05) is 0 Å². The number of benzene rings is 2. The van der Waals surface area contributed by atoms with Crippen LogP contribution in [0.2, 0.25) is 0 Å². The van der Waals surface area contributed by atoms with Gasteiger partial charge in [0.15, 0.2) is 0 Å². The second kappa shape index (κ2) is 6.52. The average Bonchev–Trinajstić information content (AvgIpc) is 3.08. The van der Waals surface area contributed by atoms with Crippen LogP contribution in [0, 0.1) is 26.6 Å². The number of nitrogens with zero attached hydrogens (tertiary/aromatic N) is 2. The summed E-state index contributed by atoms with van der Waals surface area (Å²) in [6.07, 6.45) is 3.43. The standard InChI is InChI=1S/C25H19FN2O/c1-14-11-15(2)22(16(3)12-14)17-8-10-27-21(13-17)18-6-7-20(26)23-19-5-4-9-28-25(19)29-24(18)23/h4-13H,1-3H3. The van der Waals surface area contributed by atoms with Crippen LogP contribution in [0.4, 0.5) is 4.39 Å². The topological polar surface area (TPSA) is 38.9 Å². The molecule has 0 radical (unpaired) electrons. The lowest BCUT2D eigenvalue weighted by Gasteiger charge is -2.13. The Labute approximate surface area is 167 Å². The quantitative estimate of drug-likeness (QED) is 0.338. The molecule has 0 saturated heterocycles. The Hall–Kier alpha value is -3.53. The summed E-state index contributed by atoms with van der Waals surface area (Å²) in [6.45, 7) is 6.35. The molecule has 3 aromatic heterocycles. The van der Waals surface area contributed by atoms with Crippen molar-refractivity contribution in [1.82, 2.24) is 9.97 Å². The van der Waals surface area contributed by atoms with Gasteiger partial charge in [0.2, 0.25) is 5.71 Å². The summed E-state index contributed by atoms with van der Waals surface area (Å²) in [5.41, 5.74) is 8.35. The molecule has 142 valence electrons. The fraction of sp³-hybridized carbons (Fsp3) is 0.120. The number of aromatic nitrogens is 2. The van der Waals surface area contributed by atoms with E-state index in [1.54, 1.807) is 24.5 Å². The molecule has 0 unspecified atom stereocenters. The van der Waals surface area contributed by atoms with E-state index in [4.69, 9.17) is 4.42 Å². The Morgan fingerprint density at radius 2 is 1.66 bits per heavy atom. The van der Waals surface area contributed by atoms with Gasteiger partial charge >= 0.3 is 0 Å². The predicted octanol–water partition coefficient (Wildman–Crippen LogP) is 6.77. The van der Waals surface area contributed by atoms with Crippen LogP contribution in [-0.4, -0.2) is 9.97 Å². The van der Waals surface area contributed by atoms with Gasteiger partial charge in [-0.3, -0.25) is 4.98 Å². The molecule has 0 aliphatic rings. The zero-order valence-electron chi connectivity index (χ0n) is 16.5. The van der Waals surface area contributed by atoms with Gasteiger partial charge in [-0.05, 0) is 79.4 Å². The van der Waals surface area contributed by atoms with Crippen molar-refractivity contribution in [1.29, 1.82) is 0 Å². The number of furan rings is 1. The minimum atomic E-state index is -0.322. The molecule has 4 heteroatoms. The van der Waals surface area contributed by atoms with Gasteiger partial charge in [0.1, 0.15) is 11.4 Å². The van der Waals surface area contributed by atoms with Gasteiger partial charge in [0, 0.05) is 18.0 Å². The van der Waals surface area contributed by atoms with E-state index >= 15 is 0 Å². The number of pyridine rings is 2. The molecule has 0 N–H and O–H groups in total. The SMILES string of the molecule is Cc1cc(C)c(-c2ccnc(-c3ccc(F)c4c3oc3ncccc34)c2)c(C)c1. The normalized spacial score (nSPS) is 11.4. The van der Waals surface area contributed by atoms with Gasteiger partial charge in [-0.25, -0.2) is 9.37 Å². The first-order valence-electron chi connectivity index (χ1n) is 9.53. The number of rotatable bonds is 2. The van der Waals surface area contributed by atoms with E-state index in [2.05, 4.69) is 42.9 Å². The van der Waals surface area contributed by atoms with Crippen molar-refractivity contribution in [2.45, 2.75) is 20.8 Å². The van der Waals surface area contributed by atoms with E-state index in [0.29, 0.717) is 22.1 Å². The highest BCUT2D eigenvalue weighted by molar-refractivity contribution is 6.08. The van der Waals surface area contributed by atoms with Crippen LogP contribution in [0.25, 0.3) is 44.5 Å². The summed E-state index contributed by atoms with van der Waals surface area (Å²) >= 11 is 0. The van der Waals surface area contributed by atoms with Crippen LogP contribution in [0.15, 0.2) is 65.3 Å². The highest BCUT2D eigenvalue weighted by atomic mass is 19.1. The monoisotopic (exact) mass is 382 g/mol. The molecule has 0 saturated carbocycles. The maximum absolute atomic E-state index is 14.6. The fourth-order valence-electron chi connectivity index (χ4n) is 4.25. The van der Waals surface area contributed by atoms with Crippen molar-refractivity contribution < 1.29 is 8.81 Å². The molecule has 29 heavy (non-hydrogen) atoms. The molecule has 5 rings (SSSR count). The van der Waals surface area contributed by atoms with Crippen molar-refractivity contribution in [3.8, 4) is 22.4 Å². The van der Waals surface area contributed by atoms with Crippen LogP contribution in [-0.2, 0) is 0 Å². The van der Waals surface area contributed by atoms with E-state index in [0.717, 1.165) is 16.8 Å². The highest BCUT2D eigenvalue weighted by Gasteiger charge is 2.18. The third-order valence-electron chi connectivity index (χ3n) is 5.35. The zero-order valence-corrected chi connectivity index (χ0v) is 16.5. The molecule has 5 aromatic rings. The lowest BCUT2D eigenvalue weighted by Crippen LogP contribution is -1.92. The first kappa shape index (κ1) is 17.6. The Morgan fingerprint density at radius 3 is 2.45 bits per heavy atom. The summed E-state index contributed by atoms with van der Waals surface area (Å²) in [6, 6.07) is 15.2. The van der Waals surface area contributed by atoms with Crippen LogP contribution in [0.1, 0.15) is 16.7 Å². The predicted molar refractivity (Wildman–Crippen MR) is 114 cm³/mol. The smallest absolute Gasteiger partial charge is 0.227 e. The molecule has 0 spiro atoms. The summed E-state index contributed by atoms with van der Waals surface area (Å²) in [7, 11) is 0. The lowest BCUT2D eigenvalue weighted by atomic mass is 9.93. The molecule has 0 aliphatic carbocycles. The van der Waals surface area contributed by atoms with E-state index in [9.17, 15) is 4.39 Å². The summed E-state index contributed by atoms with van der Waals surface area (Å²) < 4.78 is 20.6. The first-order valence-corrected chi connectivity index (χ1v) is 9.53. The largest absolute Gasteiger partial charge is 0.437 e. The van der Waals surface area contributed by atoms with Gasteiger partial charge in [0.05, 0.1) is 16.5 Å². The summed E-state index contributed by atoms with van der Waals surface area (Å²) in [5.74, 6) is -0.322. The maximum atomic E-state index is 14.6. The van der Waals surface area contributed by atoms with Crippen molar-refractivity contribution >= 4 is 22.1 Å². The van der Waals surface area contributed by atoms with Crippen LogP contribution >= 0.6 is 0 Å². The number of hydrogen-bond acceptors (Lipinski definition) is 3. The second-order valence-electron chi connectivity index (χ2n) is 7.46. The first-order chi connectivity index (χ1) is 14.0. The van der Waals surface area contributed by atoms with Crippen molar-refractivity contribution in [3.63, 3.8) is 0 Å². The van der Waals surface area contributed by atoms with Crippen LogP contribution < -0.4 is 0 Å². The van der Waals surface area contributed by atoms with Crippen LogP contribution in [0.5, 0.6) is 0 Å². The number of hydrogen-bond donors (Lipinski definition) is 0. The maximum Gasteiger partial charge on any atom is 0.227 e. The third-order valence-corrected chi connectivity index (χ3v) is 5.35. The van der Waals surface area contributed by atoms with Gasteiger partial charge in [-0.2, -0.15) is 0 Å². The van der Waals surface area contributed by atoms with E-state index in [1.165, 1.54) is 28.3 Å². The van der Waals surface area contributed by atoms with Gasteiger partial charge in [-0.15, -0.1) is 0 Å². The molecule has 0 bridgehead atoms. The fourth-order valence-corrected chi connectivity index (χ4v) is 4.25. The number of aryl methyl sites for hydroxylation is 3. The molecular formula is C25H19FN2O. The zero-order chi connectivity index (χ0) is 20.1. The Balaban J connectivity index is 1.75. The molecule has 0 atom stereocenters. The number of halogens is 1. The van der Waals surface area contributed by atoms with Crippen molar-refractivity contribution in [2.24, 2.45) is 0 Å². The molecule has 3 nitrogen and oxygen atoms in total. The molecule has 3 heterocycles. The van der Waals surface area contributed by atoms with E-state index in [1.807, 2.05) is 18.2 Å². The molecule has 0 amide bonds. The molecular weight excluding hydrogens is 363 g/mol. The summed E-state index contributed by atoms with van der Waals surface area (Å²) in [4.78, 5) is 8.80. The second-order valence-corrected chi connectivity index (χ2v) is 7.46. The Bertz CT molecular complexity index is 1380. The van der Waals surface area contributed by atoms with E-state index in [-0.39, 0.29) is 5.82 Å². The van der Waals surface area contributed by atoms with Gasteiger partial charge < -0.3 is 4.42 Å². The molecule has 0 fully saturated rings. The van der Waals surface area contributed by atoms with Crippen LogP contribution in [0.3, 0.4) is 0 Å². The summed E-state index contributed by atoms with van der Waals surface area (Å²) in [5, 5.41) is 1.11. The number of fused-ring (bicyclic) bond motifs is 3. The van der Waals surface area contributed by atoms with Gasteiger partial charge in [-0.1, -0.05) is 17.7 Å². The lowest BCUT2D eigenvalue weighted by molar-refractivity contribution is 0.631. The average molecular weight is 382 g/mol. The third kappa shape index (κ3) is 2.80.